The van der Waals surface area contributed by atoms with E-state index in [1.54, 1.807) is 56.5 Å². The van der Waals surface area contributed by atoms with Crippen molar-refractivity contribution in [3.63, 3.8) is 0 Å². The highest BCUT2D eigenvalue weighted by molar-refractivity contribution is 6.10. The molecule has 0 radical (unpaired) electrons. The van der Waals surface area contributed by atoms with Crippen molar-refractivity contribution in [2.75, 3.05) is 25.6 Å². The van der Waals surface area contributed by atoms with Gasteiger partial charge in [-0.2, -0.15) is 0 Å². The van der Waals surface area contributed by atoms with E-state index in [0.717, 1.165) is 10.5 Å². The minimum atomic E-state index is -1.26. The summed E-state index contributed by atoms with van der Waals surface area (Å²) >= 11 is 0. The highest BCUT2D eigenvalue weighted by atomic mass is 16.5. The number of aryl methyl sites for hydroxylation is 1. The van der Waals surface area contributed by atoms with E-state index in [0.29, 0.717) is 35.3 Å². The first-order valence-corrected chi connectivity index (χ1v) is 10.5. The molecule has 0 aromatic heterocycles. The molecule has 0 aliphatic carbocycles. The number of urea groups is 1. The van der Waals surface area contributed by atoms with Gasteiger partial charge in [-0.1, -0.05) is 19.9 Å². The molecule has 1 fully saturated rings. The summed E-state index contributed by atoms with van der Waals surface area (Å²) in [6.07, 6.45) is 0. The third kappa shape index (κ3) is 4.85. The molecular formula is C24H29N3O5. The maximum atomic E-state index is 13.1. The van der Waals surface area contributed by atoms with E-state index in [-0.39, 0.29) is 6.54 Å². The number of hydrogen-bond donors (Lipinski definition) is 2. The van der Waals surface area contributed by atoms with Crippen molar-refractivity contribution in [3.05, 3.63) is 53.6 Å². The zero-order valence-corrected chi connectivity index (χ0v) is 19.0. The van der Waals surface area contributed by atoms with E-state index in [1.807, 2.05) is 6.92 Å². The number of benzene rings is 2. The van der Waals surface area contributed by atoms with Crippen LogP contribution in [-0.4, -0.2) is 43.0 Å². The van der Waals surface area contributed by atoms with E-state index < -0.39 is 23.4 Å². The molecule has 2 aromatic rings. The average molecular weight is 440 g/mol. The molecule has 1 saturated heterocycles. The van der Waals surface area contributed by atoms with Crippen molar-refractivity contribution in [3.8, 4) is 11.5 Å². The van der Waals surface area contributed by atoms with Crippen molar-refractivity contribution in [1.82, 2.24) is 10.2 Å². The summed E-state index contributed by atoms with van der Waals surface area (Å²) in [5.74, 6) is 0.840. The van der Waals surface area contributed by atoms with Gasteiger partial charge >= 0.3 is 6.03 Å². The number of amides is 4. The van der Waals surface area contributed by atoms with Crippen molar-refractivity contribution in [2.45, 2.75) is 33.2 Å². The molecule has 8 nitrogen and oxygen atoms in total. The fourth-order valence-electron chi connectivity index (χ4n) is 3.47. The molecule has 4 amide bonds. The number of hydrogen-bond acceptors (Lipinski definition) is 5. The summed E-state index contributed by atoms with van der Waals surface area (Å²) < 4.78 is 10.9. The Kier molecular flexibility index (Phi) is 6.72. The number of rotatable bonds is 8. The molecular weight excluding hydrogens is 410 g/mol. The summed E-state index contributed by atoms with van der Waals surface area (Å²) in [7, 11) is 1.57. The van der Waals surface area contributed by atoms with Crippen LogP contribution in [0.3, 0.4) is 0 Å². The molecule has 1 unspecified atom stereocenters. The van der Waals surface area contributed by atoms with Crippen LogP contribution in [0.25, 0.3) is 0 Å². The SMILES string of the molecule is COc1ccc(C2(C)NC(=O)N(CC(=O)Nc3ccc(OCC(C)C)cc3)C2=O)cc1C. The van der Waals surface area contributed by atoms with Gasteiger partial charge in [0, 0.05) is 5.69 Å². The first kappa shape index (κ1) is 23.1. The summed E-state index contributed by atoms with van der Waals surface area (Å²) in [5, 5.41) is 5.42. The fourth-order valence-corrected chi connectivity index (χ4v) is 3.47. The number of nitrogens with one attached hydrogen (secondary N) is 2. The van der Waals surface area contributed by atoms with Crippen molar-refractivity contribution in [2.24, 2.45) is 5.92 Å². The molecule has 2 aromatic carbocycles. The second kappa shape index (κ2) is 9.30. The quantitative estimate of drug-likeness (QED) is 0.614. The van der Waals surface area contributed by atoms with Crippen LogP contribution in [0.5, 0.6) is 11.5 Å². The highest BCUT2D eigenvalue weighted by Gasteiger charge is 2.49. The van der Waals surface area contributed by atoms with Crippen LogP contribution in [0, 0.1) is 12.8 Å². The van der Waals surface area contributed by atoms with E-state index >= 15 is 0 Å². The minimum absolute atomic E-state index is 0.388. The zero-order valence-electron chi connectivity index (χ0n) is 19.0. The van der Waals surface area contributed by atoms with Gasteiger partial charge in [0.25, 0.3) is 5.91 Å². The first-order chi connectivity index (χ1) is 15.1. The standard InChI is InChI=1S/C24H29N3O5/c1-15(2)14-32-19-9-7-18(8-10-19)25-21(28)13-27-22(29)24(4,26-23(27)30)17-6-11-20(31-5)16(3)12-17/h6-12,15H,13-14H2,1-5H3,(H,25,28)(H,26,30). The molecule has 0 spiro atoms. The predicted octanol–water partition coefficient (Wildman–Crippen LogP) is 3.44. The van der Waals surface area contributed by atoms with Gasteiger partial charge in [0.2, 0.25) is 5.91 Å². The lowest BCUT2D eigenvalue weighted by Gasteiger charge is -2.23. The third-order valence-electron chi connectivity index (χ3n) is 5.27. The summed E-state index contributed by atoms with van der Waals surface area (Å²) in [6.45, 7) is 7.82. The molecule has 2 N–H and O–H groups in total. The van der Waals surface area contributed by atoms with Gasteiger partial charge in [-0.15, -0.1) is 0 Å². The first-order valence-electron chi connectivity index (χ1n) is 10.5. The Balaban J connectivity index is 1.66. The van der Waals surface area contributed by atoms with Crippen LogP contribution in [-0.2, 0) is 15.1 Å². The fraction of sp³-hybridized carbons (Fsp3) is 0.375. The van der Waals surface area contributed by atoms with Gasteiger partial charge in [-0.05, 0) is 67.3 Å². The molecule has 1 atom stereocenters. The summed E-state index contributed by atoms with van der Waals surface area (Å²) in [6, 6.07) is 11.6. The Labute approximate surface area is 187 Å². The van der Waals surface area contributed by atoms with Gasteiger partial charge in [-0.3, -0.25) is 14.5 Å². The number of ether oxygens (including phenoxy) is 2. The second-order valence-corrected chi connectivity index (χ2v) is 8.41. The van der Waals surface area contributed by atoms with E-state index in [2.05, 4.69) is 24.5 Å². The lowest BCUT2D eigenvalue weighted by Crippen LogP contribution is -2.42. The van der Waals surface area contributed by atoms with Gasteiger partial charge in [0.05, 0.1) is 13.7 Å². The molecule has 1 aliphatic rings. The van der Waals surface area contributed by atoms with Crippen molar-refractivity contribution in [1.29, 1.82) is 0 Å². The van der Waals surface area contributed by atoms with E-state index in [1.165, 1.54) is 0 Å². The average Bonchev–Trinajstić information content (AvgIpc) is 2.97. The zero-order chi connectivity index (χ0) is 23.5. The Bertz CT molecular complexity index is 1020. The molecule has 170 valence electrons. The van der Waals surface area contributed by atoms with Crippen LogP contribution in [0.2, 0.25) is 0 Å². The molecule has 0 bridgehead atoms. The molecule has 8 heteroatoms. The van der Waals surface area contributed by atoms with Gasteiger partial charge in [-0.25, -0.2) is 4.79 Å². The smallest absolute Gasteiger partial charge is 0.325 e. The number of methoxy groups -OCH3 is 1. The van der Waals surface area contributed by atoms with Crippen molar-refractivity contribution >= 4 is 23.5 Å². The van der Waals surface area contributed by atoms with Gasteiger partial charge in [0.1, 0.15) is 23.6 Å². The Morgan fingerprint density at radius 3 is 2.44 bits per heavy atom. The summed E-state index contributed by atoms with van der Waals surface area (Å²) in [5.41, 5.74) is 0.746. The normalized spacial score (nSPS) is 18.0. The third-order valence-corrected chi connectivity index (χ3v) is 5.27. The minimum Gasteiger partial charge on any atom is -0.496 e. The van der Waals surface area contributed by atoms with Crippen LogP contribution >= 0.6 is 0 Å². The topological polar surface area (TPSA) is 97.0 Å². The van der Waals surface area contributed by atoms with E-state index in [9.17, 15) is 14.4 Å². The lowest BCUT2D eigenvalue weighted by atomic mass is 9.90. The second-order valence-electron chi connectivity index (χ2n) is 8.41. The predicted molar refractivity (Wildman–Crippen MR) is 121 cm³/mol. The largest absolute Gasteiger partial charge is 0.496 e. The van der Waals surface area contributed by atoms with Crippen molar-refractivity contribution < 1.29 is 23.9 Å². The number of carbonyl (C=O) groups excluding carboxylic acids is 3. The maximum Gasteiger partial charge on any atom is 0.325 e. The Hall–Kier alpha value is -3.55. The number of imide groups is 1. The molecule has 3 rings (SSSR count). The monoisotopic (exact) mass is 439 g/mol. The van der Waals surface area contributed by atoms with Crippen LogP contribution in [0.15, 0.2) is 42.5 Å². The molecule has 32 heavy (non-hydrogen) atoms. The number of anilines is 1. The lowest BCUT2D eigenvalue weighted by molar-refractivity contribution is -0.133. The molecule has 1 heterocycles. The number of nitrogens with zero attached hydrogens (tertiary/aromatic N) is 1. The molecule has 0 saturated carbocycles. The summed E-state index contributed by atoms with van der Waals surface area (Å²) in [4.78, 5) is 39.0. The Morgan fingerprint density at radius 2 is 1.84 bits per heavy atom. The van der Waals surface area contributed by atoms with Crippen LogP contribution in [0.4, 0.5) is 10.5 Å². The maximum absolute atomic E-state index is 13.1. The number of carbonyl (C=O) groups is 3. The Morgan fingerprint density at radius 1 is 1.16 bits per heavy atom. The van der Waals surface area contributed by atoms with Crippen LogP contribution < -0.4 is 20.1 Å². The van der Waals surface area contributed by atoms with Crippen LogP contribution in [0.1, 0.15) is 31.9 Å². The highest BCUT2D eigenvalue weighted by Crippen LogP contribution is 2.31. The van der Waals surface area contributed by atoms with E-state index in [4.69, 9.17) is 9.47 Å². The molecule has 1 aliphatic heterocycles. The van der Waals surface area contributed by atoms with Gasteiger partial charge < -0.3 is 20.1 Å². The van der Waals surface area contributed by atoms with Gasteiger partial charge in [0.15, 0.2) is 0 Å².